The molecule has 0 radical (unpaired) electrons. The molecule has 7 heteroatoms. The Morgan fingerprint density at radius 1 is 1.29 bits per heavy atom. The van der Waals surface area contributed by atoms with Crippen LogP contribution in [-0.2, 0) is 19.0 Å². The van der Waals surface area contributed by atoms with E-state index >= 15 is 0 Å². The van der Waals surface area contributed by atoms with Gasteiger partial charge in [-0.15, -0.1) is 0 Å². The van der Waals surface area contributed by atoms with Gasteiger partial charge >= 0.3 is 6.09 Å². The Morgan fingerprint density at radius 2 is 2.19 bits per heavy atom. The maximum absolute atomic E-state index is 12.3. The van der Waals surface area contributed by atoms with E-state index in [9.17, 15) is 9.59 Å². The van der Waals surface area contributed by atoms with Crippen molar-refractivity contribution in [3.63, 3.8) is 0 Å². The summed E-state index contributed by atoms with van der Waals surface area (Å²) in [5, 5.41) is 2.87. The van der Waals surface area contributed by atoms with Crippen molar-refractivity contribution >= 4 is 12.0 Å². The maximum Gasteiger partial charge on any atom is 0.410 e. The standard InChI is InChI=1S/C14H22N2O5/c17-13(15-6-11-2-1-4-20-11)12-9-21-14(18)16(12)7-10-3-5-19-8-10/h10-12H,1-9H2,(H,15,17)/t10?,11?,12-/m0/s1. The first-order chi connectivity index (χ1) is 10.2. The SMILES string of the molecule is O=C(NCC1CCCO1)[C@@H]1COC(=O)N1CC1CCOC1. The molecule has 0 aliphatic carbocycles. The molecule has 21 heavy (non-hydrogen) atoms. The van der Waals surface area contributed by atoms with Crippen molar-refractivity contribution in [3.05, 3.63) is 0 Å². The van der Waals surface area contributed by atoms with Crippen LogP contribution in [0.2, 0.25) is 0 Å². The molecule has 0 aromatic carbocycles. The minimum atomic E-state index is -0.528. The van der Waals surface area contributed by atoms with Crippen molar-refractivity contribution in [1.82, 2.24) is 10.2 Å². The molecule has 3 aliphatic rings. The van der Waals surface area contributed by atoms with Crippen molar-refractivity contribution in [2.75, 3.05) is 39.5 Å². The van der Waals surface area contributed by atoms with Crippen LogP contribution in [0, 0.1) is 5.92 Å². The summed E-state index contributed by atoms with van der Waals surface area (Å²) in [5.74, 6) is 0.138. The molecule has 2 amide bonds. The highest BCUT2D eigenvalue weighted by Crippen LogP contribution is 2.20. The van der Waals surface area contributed by atoms with Crippen molar-refractivity contribution < 1.29 is 23.8 Å². The summed E-state index contributed by atoms with van der Waals surface area (Å²) in [4.78, 5) is 25.6. The molecule has 0 aromatic heterocycles. The number of amides is 2. The van der Waals surface area contributed by atoms with Crippen molar-refractivity contribution in [2.24, 2.45) is 5.92 Å². The van der Waals surface area contributed by atoms with Gasteiger partial charge in [0.2, 0.25) is 5.91 Å². The number of cyclic esters (lactones) is 1. The molecule has 0 aromatic rings. The first-order valence-electron chi connectivity index (χ1n) is 7.64. The van der Waals surface area contributed by atoms with Gasteiger partial charge in [-0.2, -0.15) is 0 Å². The summed E-state index contributed by atoms with van der Waals surface area (Å²) in [7, 11) is 0. The third kappa shape index (κ3) is 3.47. The largest absolute Gasteiger partial charge is 0.447 e. The van der Waals surface area contributed by atoms with Gasteiger partial charge in [0, 0.05) is 32.2 Å². The van der Waals surface area contributed by atoms with Gasteiger partial charge in [-0.25, -0.2) is 4.79 Å². The molecule has 3 rings (SSSR count). The van der Waals surface area contributed by atoms with E-state index < -0.39 is 12.1 Å². The molecule has 3 fully saturated rings. The van der Waals surface area contributed by atoms with E-state index in [0.717, 1.165) is 32.5 Å². The fourth-order valence-corrected chi connectivity index (χ4v) is 3.01. The van der Waals surface area contributed by atoms with Gasteiger partial charge in [0.25, 0.3) is 0 Å². The smallest absolute Gasteiger partial charge is 0.410 e. The van der Waals surface area contributed by atoms with Crippen LogP contribution in [0.3, 0.4) is 0 Å². The second-order valence-corrected chi connectivity index (χ2v) is 5.85. The van der Waals surface area contributed by atoms with Crippen LogP contribution in [0.1, 0.15) is 19.3 Å². The Labute approximate surface area is 123 Å². The summed E-state index contributed by atoms with van der Waals surface area (Å²) in [6, 6.07) is -0.528. The van der Waals surface area contributed by atoms with Gasteiger partial charge in [0.15, 0.2) is 0 Å². The molecule has 7 nitrogen and oxygen atoms in total. The zero-order valence-corrected chi connectivity index (χ0v) is 12.1. The van der Waals surface area contributed by atoms with Crippen LogP contribution in [-0.4, -0.2) is 68.6 Å². The van der Waals surface area contributed by atoms with Crippen molar-refractivity contribution in [2.45, 2.75) is 31.4 Å². The highest BCUT2D eigenvalue weighted by atomic mass is 16.6. The van der Waals surface area contributed by atoms with Gasteiger partial charge < -0.3 is 19.5 Å². The monoisotopic (exact) mass is 298 g/mol. The van der Waals surface area contributed by atoms with Crippen LogP contribution < -0.4 is 5.32 Å². The summed E-state index contributed by atoms with van der Waals surface area (Å²) in [5.41, 5.74) is 0. The molecule has 118 valence electrons. The van der Waals surface area contributed by atoms with Gasteiger partial charge in [-0.1, -0.05) is 0 Å². The Bertz CT molecular complexity index is 391. The lowest BCUT2D eigenvalue weighted by Crippen LogP contribution is -2.48. The predicted octanol–water partition coefficient (Wildman–Crippen LogP) is 0.139. The van der Waals surface area contributed by atoms with E-state index in [1.165, 1.54) is 4.90 Å². The first-order valence-corrected chi connectivity index (χ1v) is 7.64. The Morgan fingerprint density at radius 3 is 2.90 bits per heavy atom. The molecular formula is C14H22N2O5. The molecule has 0 spiro atoms. The lowest BCUT2D eigenvalue weighted by molar-refractivity contribution is -0.125. The van der Waals surface area contributed by atoms with E-state index in [2.05, 4.69) is 5.32 Å². The Kier molecular flexibility index (Phi) is 4.60. The van der Waals surface area contributed by atoms with Gasteiger partial charge in [0.1, 0.15) is 12.6 Å². The summed E-state index contributed by atoms with van der Waals surface area (Å²) >= 11 is 0. The second-order valence-electron chi connectivity index (χ2n) is 5.85. The Hall–Kier alpha value is -1.34. The van der Waals surface area contributed by atoms with Crippen LogP contribution in [0.5, 0.6) is 0 Å². The number of nitrogens with zero attached hydrogens (tertiary/aromatic N) is 1. The molecule has 2 unspecified atom stereocenters. The van der Waals surface area contributed by atoms with Crippen molar-refractivity contribution in [3.8, 4) is 0 Å². The predicted molar refractivity (Wildman–Crippen MR) is 72.8 cm³/mol. The van der Waals surface area contributed by atoms with E-state index in [1.807, 2.05) is 0 Å². The third-order valence-electron chi connectivity index (χ3n) is 4.28. The molecular weight excluding hydrogens is 276 g/mol. The topological polar surface area (TPSA) is 77.1 Å². The molecule has 3 saturated heterocycles. The third-order valence-corrected chi connectivity index (χ3v) is 4.28. The van der Waals surface area contributed by atoms with Gasteiger partial charge in [0.05, 0.1) is 12.7 Å². The number of rotatable bonds is 5. The van der Waals surface area contributed by atoms with E-state index in [-0.39, 0.29) is 18.6 Å². The normalized spacial score (nSPS) is 32.5. The number of ether oxygens (including phenoxy) is 3. The first kappa shape index (κ1) is 14.6. The van der Waals surface area contributed by atoms with E-state index in [0.29, 0.717) is 25.6 Å². The molecule has 1 N–H and O–H groups in total. The van der Waals surface area contributed by atoms with Crippen molar-refractivity contribution in [1.29, 1.82) is 0 Å². The quantitative estimate of drug-likeness (QED) is 0.781. The van der Waals surface area contributed by atoms with Gasteiger partial charge in [-0.3, -0.25) is 9.69 Å². The summed E-state index contributed by atoms with van der Waals surface area (Å²) in [6.45, 7) is 3.29. The van der Waals surface area contributed by atoms with Crippen LogP contribution >= 0.6 is 0 Å². The average molecular weight is 298 g/mol. The zero-order valence-electron chi connectivity index (χ0n) is 12.1. The lowest BCUT2D eigenvalue weighted by Gasteiger charge is -2.23. The van der Waals surface area contributed by atoms with E-state index in [1.54, 1.807) is 0 Å². The molecule has 0 bridgehead atoms. The number of hydrogen-bond acceptors (Lipinski definition) is 5. The molecule has 3 heterocycles. The number of carbonyl (C=O) groups excluding carboxylic acids is 2. The minimum Gasteiger partial charge on any atom is -0.447 e. The molecule has 3 aliphatic heterocycles. The average Bonchev–Trinajstić information content (AvgIpc) is 3.21. The highest BCUT2D eigenvalue weighted by Gasteiger charge is 2.39. The van der Waals surface area contributed by atoms with E-state index in [4.69, 9.17) is 14.2 Å². The fraction of sp³-hybridized carbons (Fsp3) is 0.857. The second kappa shape index (κ2) is 6.62. The zero-order chi connectivity index (χ0) is 14.7. The maximum atomic E-state index is 12.3. The van der Waals surface area contributed by atoms with Crippen LogP contribution in [0.25, 0.3) is 0 Å². The van der Waals surface area contributed by atoms with Crippen LogP contribution in [0.4, 0.5) is 4.79 Å². The van der Waals surface area contributed by atoms with Crippen LogP contribution in [0.15, 0.2) is 0 Å². The minimum absolute atomic E-state index is 0.101. The highest BCUT2D eigenvalue weighted by molar-refractivity contribution is 5.87. The lowest BCUT2D eigenvalue weighted by atomic mass is 10.1. The fourth-order valence-electron chi connectivity index (χ4n) is 3.01. The number of carbonyl (C=O) groups is 2. The summed E-state index contributed by atoms with van der Waals surface area (Å²) in [6.07, 6.45) is 2.64. The Balaban J connectivity index is 1.51. The number of nitrogens with one attached hydrogen (secondary N) is 1. The molecule has 3 atom stereocenters. The number of hydrogen-bond donors (Lipinski definition) is 1. The summed E-state index contributed by atoms with van der Waals surface area (Å²) < 4.78 is 15.8. The van der Waals surface area contributed by atoms with Gasteiger partial charge in [-0.05, 0) is 19.3 Å². The molecule has 0 saturated carbocycles.